The van der Waals surface area contributed by atoms with Crippen LogP contribution in [0.15, 0.2) is 35.0 Å². The van der Waals surface area contributed by atoms with Crippen LogP contribution < -0.4 is 10.6 Å². The fourth-order valence-electron chi connectivity index (χ4n) is 2.68. The molecule has 0 saturated heterocycles. The van der Waals surface area contributed by atoms with Crippen molar-refractivity contribution in [3.05, 3.63) is 56.3 Å². The van der Waals surface area contributed by atoms with E-state index in [4.69, 9.17) is 0 Å². The van der Waals surface area contributed by atoms with Crippen molar-refractivity contribution >= 4 is 28.6 Å². The van der Waals surface area contributed by atoms with E-state index in [0.717, 1.165) is 17.7 Å². The van der Waals surface area contributed by atoms with Crippen LogP contribution >= 0.6 is 11.3 Å². The summed E-state index contributed by atoms with van der Waals surface area (Å²) in [6.45, 7) is 0.437. The lowest BCUT2D eigenvalue weighted by atomic mass is 10.1. The van der Waals surface area contributed by atoms with Gasteiger partial charge in [0, 0.05) is 25.6 Å². The van der Waals surface area contributed by atoms with Gasteiger partial charge in [0.2, 0.25) is 5.91 Å². The molecule has 7 nitrogen and oxygen atoms in total. The zero-order valence-corrected chi connectivity index (χ0v) is 16.6. The van der Waals surface area contributed by atoms with E-state index in [1.165, 1.54) is 0 Å². The predicted molar refractivity (Wildman–Crippen MR) is 105 cm³/mol. The lowest BCUT2D eigenvalue weighted by Crippen LogP contribution is -2.35. The largest absolute Gasteiger partial charge is 0.416 e. The Morgan fingerprint density at radius 1 is 1.31 bits per heavy atom. The first-order valence-corrected chi connectivity index (χ1v) is 9.58. The molecular weight excluding hydrogens is 409 g/mol. The third-order valence-electron chi connectivity index (χ3n) is 4.23. The van der Waals surface area contributed by atoms with Gasteiger partial charge in [-0.1, -0.05) is 0 Å². The van der Waals surface area contributed by atoms with Crippen LogP contribution in [0.4, 0.5) is 24.5 Å². The number of carbonyl (C=O) groups is 1. The van der Waals surface area contributed by atoms with Gasteiger partial charge in [0.25, 0.3) is 5.69 Å². The molecule has 0 radical (unpaired) electrons. The number of benzene rings is 1. The second-order valence-electron chi connectivity index (χ2n) is 6.50. The lowest BCUT2D eigenvalue weighted by Gasteiger charge is -2.24. The van der Waals surface area contributed by atoms with Crippen LogP contribution in [0.1, 0.15) is 23.6 Å². The van der Waals surface area contributed by atoms with E-state index in [-0.39, 0.29) is 30.6 Å². The second-order valence-corrected chi connectivity index (χ2v) is 7.28. The van der Waals surface area contributed by atoms with Crippen LogP contribution in [-0.4, -0.2) is 42.9 Å². The number of amides is 1. The SMILES string of the molecule is CN(C)C(CNC(=O)CCNc1ccc(C(F)(F)F)cc1[N+](=O)[O-])c1ccsc1. The number of carbonyl (C=O) groups excluding carboxylic acids is 1. The molecule has 0 bridgehead atoms. The van der Waals surface area contributed by atoms with Gasteiger partial charge in [-0.15, -0.1) is 0 Å². The predicted octanol–water partition coefficient (Wildman–Crippen LogP) is 3.90. The van der Waals surface area contributed by atoms with Crippen molar-refractivity contribution in [3.8, 4) is 0 Å². The van der Waals surface area contributed by atoms with Crippen LogP contribution in [0.2, 0.25) is 0 Å². The summed E-state index contributed by atoms with van der Waals surface area (Å²) in [5.74, 6) is -0.269. The number of nitro groups is 1. The molecule has 0 aliphatic carbocycles. The first-order chi connectivity index (χ1) is 13.6. The highest BCUT2D eigenvalue weighted by molar-refractivity contribution is 7.07. The number of thiophene rings is 1. The molecule has 158 valence electrons. The maximum absolute atomic E-state index is 12.7. The highest BCUT2D eigenvalue weighted by Crippen LogP contribution is 2.34. The summed E-state index contributed by atoms with van der Waals surface area (Å²) in [6, 6.07) is 4.22. The molecular formula is C18H21F3N4O3S. The summed E-state index contributed by atoms with van der Waals surface area (Å²) < 4.78 is 38.2. The molecule has 0 saturated carbocycles. The summed E-state index contributed by atoms with van der Waals surface area (Å²) in [6.07, 6.45) is -4.66. The Morgan fingerprint density at radius 3 is 2.59 bits per heavy atom. The molecule has 1 aromatic carbocycles. The van der Waals surface area contributed by atoms with Gasteiger partial charge in [-0.3, -0.25) is 14.9 Å². The fourth-order valence-corrected chi connectivity index (χ4v) is 3.39. The van der Waals surface area contributed by atoms with E-state index in [2.05, 4.69) is 10.6 Å². The van der Waals surface area contributed by atoms with Gasteiger partial charge in [-0.25, -0.2) is 0 Å². The van der Waals surface area contributed by atoms with Gasteiger partial charge in [0.1, 0.15) is 5.69 Å². The number of alkyl halides is 3. The van der Waals surface area contributed by atoms with E-state index < -0.39 is 22.4 Å². The van der Waals surface area contributed by atoms with Crippen molar-refractivity contribution < 1.29 is 22.9 Å². The highest BCUT2D eigenvalue weighted by atomic mass is 32.1. The molecule has 0 aliphatic heterocycles. The number of nitrogens with one attached hydrogen (secondary N) is 2. The molecule has 2 aromatic rings. The van der Waals surface area contributed by atoms with Crippen molar-refractivity contribution in [2.45, 2.75) is 18.6 Å². The Kier molecular flexibility index (Phi) is 7.57. The van der Waals surface area contributed by atoms with E-state index >= 15 is 0 Å². The molecule has 29 heavy (non-hydrogen) atoms. The van der Waals surface area contributed by atoms with Crippen molar-refractivity contribution in [1.29, 1.82) is 0 Å². The Balaban J connectivity index is 1.90. The minimum absolute atomic E-state index is 0.00848. The summed E-state index contributed by atoms with van der Waals surface area (Å²) in [4.78, 5) is 24.2. The monoisotopic (exact) mass is 430 g/mol. The third kappa shape index (κ3) is 6.43. The topological polar surface area (TPSA) is 87.5 Å². The Hall–Kier alpha value is -2.66. The van der Waals surface area contributed by atoms with E-state index in [0.29, 0.717) is 12.6 Å². The van der Waals surface area contributed by atoms with Crippen LogP contribution in [0, 0.1) is 10.1 Å². The zero-order valence-electron chi connectivity index (χ0n) is 15.8. The van der Waals surface area contributed by atoms with Crippen molar-refractivity contribution in [2.75, 3.05) is 32.5 Å². The molecule has 11 heteroatoms. The average molecular weight is 430 g/mol. The minimum Gasteiger partial charge on any atom is -0.379 e. The minimum atomic E-state index is -4.67. The molecule has 0 aliphatic rings. The summed E-state index contributed by atoms with van der Waals surface area (Å²) in [5, 5.41) is 20.5. The Labute approximate surface area is 169 Å². The molecule has 2 rings (SSSR count). The Bertz CT molecular complexity index is 841. The van der Waals surface area contributed by atoms with Gasteiger partial charge in [-0.2, -0.15) is 24.5 Å². The number of anilines is 1. The quantitative estimate of drug-likeness (QED) is 0.466. The molecule has 1 heterocycles. The first-order valence-electron chi connectivity index (χ1n) is 8.64. The number of rotatable bonds is 9. The third-order valence-corrected chi connectivity index (χ3v) is 4.93. The number of nitrogens with zero attached hydrogens (tertiary/aromatic N) is 2. The molecule has 1 aromatic heterocycles. The van der Waals surface area contributed by atoms with Crippen LogP contribution in [0.25, 0.3) is 0 Å². The van der Waals surface area contributed by atoms with Crippen molar-refractivity contribution in [2.24, 2.45) is 0 Å². The van der Waals surface area contributed by atoms with E-state index in [1.54, 1.807) is 11.3 Å². The fraction of sp³-hybridized carbons (Fsp3) is 0.389. The van der Waals surface area contributed by atoms with Crippen LogP contribution in [0.5, 0.6) is 0 Å². The zero-order chi connectivity index (χ0) is 21.6. The number of likely N-dealkylation sites (N-methyl/N-ethyl adjacent to an activating group) is 1. The van der Waals surface area contributed by atoms with Gasteiger partial charge in [0.15, 0.2) is 0 Å². The molecule has 1 atom stereocenters. The number of halogens is 3. The van der Waals surface area contributed by atoms with E-state index in [9.17, 15) is 28.1 Å². The van der Waals surface area contributed by atoms with Crippen molar-refractivity contribution in [3.63, 3.8) is 0 Å². The maximum Gasteiger partial charge on any atom is 0.416 e. The van der Waals surface area contributed by atoms with Gasteiger partial charge in [0.05, 0.1) is 16.5 Å². The highest BCUT2D eigenvalue weighted by Gasteiger charge is 2.33. The molecule has 1 amide bonds. The van der Waals surface area contributed by atoms with E-state index in [1.807, 2.05) is 35.8 Å². The van der Waals surface area contributed by atoms with Crippen LogP contribution in [-0.2, 0) is 11.0 Å². The Morgan fingerprint density at radius 2 is 2.03 bits per heavy atom. The number of nitro benzene ring substituents is 1. The second kappa shape index (κ2) is 9.70. The first kappa shape index (κ1) is 22.6. The smallest absolute Gasteiger partial charge is 0.379 e. The maximum atomic E-state index is 12.7. The number of hydrogen-bond donors (Lipinski definition) is 2. The molecule has 0 fully saturated rings. The standard InChI is InChI=1S/C18H21F3N4O3S/c1-24(2)16(12-6-8-29-11-12)10-23-17(26)5-7-22-14-4-3-13(18(19,20)21)9-15(14)25(27)28/h3-4,6,8-9,11,16,22H,5,7,10H2,1-2H3,(H,23,26). The summed E-state index contributed by atoms with van der Waals surface area (Å²) in [5.41, 5.74) is -0.778. The lowest BCUT2D eigenvalue weighted by molar-refractivity contribution is -0.384. The van der Waals surface area contributed by atoms with Crippen LogP contribution in [0.3, 0.4) is 0 Å². The molecule has 2 N–H and O–H groups in total. The van der Waals surface area contributed by atoms with Crippen molar-refractivity contribution in [1.82, 2.24) is 10.2 Å². The van der Waals surface area contributed by atoms with Gasteiger partial charge >= 0.3 is 6.18 Å². The van der Waals surface area contributed by atoms with Gasteiger partial charge in [-0.05, 0) is 48.6 Å². The summed E-state index contributed by atoms with van der Waals surface area (Å²) >= 11 is 1.56. The average Bonchev–Trinajstić information content (AvgIpc) is 3.15. The van der Waals surface area contributed by atoms with Gasteiger partial charge < -0.3 is 15.5 Å². The summed E-state index contributed by atoms with van der Waals surface area (Å²) in [7, 11) is 3.81. The normalized spacial score (nSPS) is 12.6. The number of hydrogen-bond acceptors (Lipinski definition) is 6. The molecule has 1 unspecified atom stereocenters. The molecule has 0 spiro atoms.